The van der Waals surface area contributed by atoms with Crippen LogP contribution in [0.3, 0.4) is 0 Å². The van der Waals surface area contributed by atoms with Gasteiger partial charge in [-0.3, -0.25) is 20.4 Å². The average molecular weight is 403 g/mol. The summed E-state index contributed by atoms with van der Waals surface area (Å²) >= 11 is 0. The van der Waals surface area contributed by atoms with Crippen molar-refractivity contribution >= 4 is 23.6 Å². The van der Waals surface area contributed by atoms with E-state index in [2.05, 4.69) is 10.9 Å². The van der Waals surface area contributed by atoms with Crippen LogP contribution in [0.5, 0.6) is 0 Å². The molecule has 0 unspecified atom stereocenters. The van der Waals surface area contributed by atoms with E-state index < -0.39 is 17.6 Å². The zero-order valence-electron chi connectivity index (χ0n) is 15.8. The van der Waals surface area contributed by atoms with Gasteiger partial charge in [0.15, 0.2) is 0 Å². The fraction of sp³-hybridized carbons (Fsp3) is 0.143. The van der Waals surface area contributed by atoms with Crippen molar-refractivity contribution in [3.63, 3.8) is 0 Å². The summed E-state index contributed by atoms with van der Waals surface area (Å²) in [5.41, 5.74) is 6.80. The summed E-state index contributed by atoms with van der Waals surface area (Å²) in [7, 11) is 1.58. The van der Waals surface area contributed by atoms with Gasteiger partial charge in [0, 0.05) is 18.9 Å². The van der Waals surface area contributed by atoms with Crippen LogP contribution in [-0.4, -0.2) is 19.2 Å². The van der Waals surface area contributed by atoms with Crippen molar-refractivity contribution in [2.24, 2.45) is 0 Å². The second kappa shape index (κ2) is 9.59. The molecule has 1 amide bonds. The van der Waals surface area contributed by atoms with E-state index in [4.69, 9.17) is 0 Å². The van der Waals surface area contributed by atoms with Crippen LogP contribution in [0, 0.1) is 6.92 Å². The molecule has 0 heterocycles. The van der Waals surface area contributed by atoms with Crippen molar-refractivity contribution < 1.29 is 22.8 Å². The smallest absolute Gasteiger partial charge is 0.350 e. The SMILES string of the molecule is Cc1ccc(NNC(=O)C(/C=C\C=O)=C/N(C)c2ccc(C(F)(F)F)cc2)cc1. The lowest BCUT2D eigenvalue weighted by atomic mass is 10.2. The third-order valence-electron chi connectivity index (χ3n) is 3.92. The lowest BCUT2D eigenvalue weighted by molar-refractivity contribution is -0.137. The Hall–Kier alpha value is -3.55. The predicted molar refractivity (Wildman–Crippen MR) is 106 cm³/mol. The number of hydrogen-bond acceptors (Lipinski definition) is 4. The number of nitrogens with one attached hydrogen (secondary N) is 2. The second-order valence-electron chi connectivity index (χ2n) is 6.18. The Morgan fingerprint density at radius 1 is 1.03 bits per heavy atom. The summed E-state index contributed by atoms with van der Waals surface area (Å²) in [5, 5.41) is 0. The largest absolute Gasteiger partial charge is 0.416 e. The maximum absolute atomic E-state index is 12.7. The minimum absolute atomic E-state index is 0.124. The highest BCUT2D eigenvalue weighted by Gasteiger charge is 2.30. The van der Waals surface area contributed by atoms with Crippen molar-refractivity contribution in [1.29, 1.82) is 0 Å². The Morgan fingerprint density at radius 2 is 1.66 bits per heavy atom. The molecule has 0 bridgehead atoms. The van der Waals surface area contributed by atoms with E-state index in [1.165, 1.54) is 29.3 Å². The molecular weight excluding hydrogens is 383 g/mol. The minimum atomic E-state index is -4.42. The molecule has 152 valence electrons. The summed E-state index contributed by atoms with van der Waals surface area (Å²) in [4.78, 5) is 24.6. The Kier molecular flexibility index (Phi) is 7.19. The van der Waals surface area contributed by atoms with Gasteiger partial charge in [-0.1, -0.05) is 17.7 Å². The molecule has 0 aliphatic rings. The highest BCUT2D eigenvalue weighted by molar-refractivity contribution is 5.97. The van der Waals surface area contributed by atoms with E-state index in [9.17, 15) is 22.8 Å². The molecule has 0 fully saturated rings. The molecule has 0 spiro atoms. The number of aryl methyl sites for hydroxylation is 1. The van der Waals surface area contributed by atoms with E-state index in [0.29, 0.717) is 17.7 Å². The fourth-order valence-corrected chi connectivity index (χ4v) is 2.33. The lowest BCUT2D eigenvalue weighted by Crippen LogP contribution is -2.31. The molecule has 2 N–H and O–H groups in total. The minimum Gasteiger partial charge on any atom is -0.350 e. The average Bonchev–Trinajstić information content (AvgIpc) is 2.69. The number of allylic oxidation sites excluding steroid dienone is 1. The Bertz CT molecular complexity index is 902. The molecule has 0 saturated carbocycles. The van der Waals surface area contributed by atoms with Crippen molar-refractivity contribution in [3.05, 3.63) is 83.6 Å². The van der Waals surface area contributed by atoms with Crippen LogP contribution in [-0.2, 0) is 15.8 Å². The van der Waals surface area contributed by atoms with Crippen LogP contribution >= 0.6 is 0 Å². The number of amides is 1. The number of nitrogens with zero attached hydrogens (tertiary/aromatic N) is 1. The van der Waals surface area contributed by atoms with Crippen molar-refractivity contribution in [2.75, 3.05) is 17.4 Å². The molecule has 0 aliphatic carbocycles. The number of halogens is 3. The second-order valence-corrected chi connectivity index (χ2v) is 6.18. The maximum atomic E-state index is 12.7. The number of alkyl halides is 3. The van der Waals surface area contributed by atoms with Gasteiger partial charge >= 0.3 is 6.18 Å². The summed E-state index contributed by atoms with van der Waals surface area (Å²) < 4.78 is 38.1. The van der Waals surface area contributed by atoms with E-state index in [1.54, 1.807) is 19.2 Å². The molecule has 0 aliphatic heterocycles. The van der Waals surface area contributed by atoms with Crippen LogP contribution in [0.15, 0.2) is 72.5 Å². The topological polar surface area (TPSA) is 61.4 Å². The third kappa shape index (κ3) is 6.53. The van der Waals surface area contributed by atoms with Crippen molar-refractivity contribution in [2.45, 2.75) is 13.1 Å². The van der Waals surface area contributed by atoms with Gasteiger partial charge in [0.2, 0.25) is 0 Å². The van der Waals surface area contributed by atoms with Gasteiger partial charge in [0.05, 0.1) is 16.8 Å². The third-order valence-corrected chi connectivity index (χ3v) is 3.92. The van der Waals surface area contributed by atoms with Crippen LogP contribution < -0.4 is 15.8 Å². The Morgan fingerprint density at radius 3 is 2.21 bits per heavy atom. The van der Waals surface area contributed by atoms with Crippen LogP contribution in [0.1, 0.15) is 11.1 Å². The van der Waals surface area contributed by atoms with E-state index in [1.807, 2.05) is 19.1 Å². The molecule has 5 nitrogen and oxygen atoms in total. The first-order chi connectivity index (χ1) is 13.7. The van der Waals surface area contributed by atoms with Gasteiger partial charge < -0.3 is 4.90 Å². The molecule has 2 aromatic rings. The molecule has 0 saturated heterocycles. The lowest BCUT2D eigenvalue weighted by Gasteiger charge is -2.17. The van der Waals surface area contributed by atoms with Gasteiger partial charge in [-0.2, -0.15) is 13.2 Å². The molecule has 2 aromatic carbocycles. The highest BCUT2D eigenvalue weighted by atomic mass is 19.4. The van der Waals surface area contributed by atoms with Gasteiger partial charge in [-0.15, -0.1) is 0 Å². The highest BCUT2D eigenvalue weighted by Crippen LogP contribution is 2.30. The molecule has 29 heavy (non-hydrogen) atoms. The quantitative estimate of drug-likeness (QED) is 0.314. The molecule has 8 heteroatoms. The number of carbonyl (C=O) groups is 2. The first-order valence-corrected chi connectivity index (χ1v) is 8.57. The van der Waals surface area contributed by atoms with E-state index >= 15 is 0 Å². The number of anilines is 2. The Balaban J connectivity index is 2.15. The van der Waals surface area contributed by atoms with Crippen LogP contribution in [0.25, 0.3) is 0 Å². The van der Waals surface area contributed by atoms with E-state index in [-0.39, 0.29) is 5.57 Å². The number of carbonyl (C=O) groups excluding carboxylic acids is 2. The number of rotatable bonds is 7. The monoisotopic (exact) mass is 403 g/mol. The van der Waals surface area contributed by atoms with Gasteiger partial charge in [-0.25, -0.2) is 0 Å². The molecule has 0 radical (unpaired) electrons. The van der Waals surface area contributed by atoms with Gasteiger partial charge in [0.25, 0.3) is 5.91 Å². The van der Waals surface area contributed by atoms with Crippen LogP contribution in [0.4, 0.5) is 24.5 Å². The van der Waals surface area contributed by atoms with Crippen molar-refractivity contribution in [3.8, 4) is 0 Å². The first-order valence-electron chi connectivity index (χ1n) is 8.57. The summed E-state index contributed by atoms with van der Waals surface area (Å²) in [6, 6.07) is 11.8. The molecule has 2 rings (SSSR count). The van der Waals surface area contributed by atoms with E-state index in [0.717, 1.165) is 23.8 Å². The zero-order valence-corrected chi connectivity index (χ0v) is 15.8. The first kappa shape index (κ1) is 21.7. The van der Waals surface area contributed by atoms with Crippen molar-refractivity contribution in [1.82, 2.24) is 5.43 Å². The predicted octanol–water partition coefficient (Wildman–Crippen LogP) is 4.23. The summed E-state index contributed by atoms with van der Waals surface area (Å²) in [6.07, 6.45) is -0.0364. The summed E-state index contributed by atoms with van der Waals surface area (Å²) in [5.74, 6) is -0.526. The number of benzene rings is 2. The Labute approximate surface area is 166 Å². The number of hydrogen-bond donors (Lipinski definition) is 2. The van der Waals surface area contributed by atoms with Gasteiger partial charge in [-0.05, 0) is 55.5 Å². The normalized spacial score (nSPS) is 12.0. The fourth-order valence-electron chi connectivity index (χ4n) is 2.33. The molecule has 0 atom stereocenters. The number of aldehydes is 1. The van der Waals surface area contributed by atoms with Crippen LogP contribution in [0.2, 0.25) is 0 Å². The molecular formula is C21H20F3N3O2. The summed E-state index contributed by atoms with van der Waals surface area (Å²) in [6.45, 7) is 1.94. The van der Waals surface area contributed by atoms with Gasteiger partial charge in [0.1, 0.15) is 6.29 Å². The maximum Gasteiger partial charge on any atom is 0.416 e. The number of hydrazine groups is 1. The zero-order chi connectivity index (χ0) is 21.4. The standard InChI is InChI=1S/C21H20F3N3O2/c1-15-5-9-18(10-6-15)25-26-20(29)16(4-3-13-28)14-27(2)19-11-7-17(8-12-19)21(22,23)24/h3-14,25H,1-2H3,(H,26,29)/b4-3-,16-14+. The molecule has 0 aromatic heterocycles.